The van der Waals surface area contributed by atoms with Crippen LogP contribution in [0.25, 0.3) is 0 Å². The second kappa shape index (κ2) is 7.22. The molecule has 0 unspecified atom stereocenters. The number of carboxylic acid groups (broad SMARTS) is 1. The van der Waals surface area contributed by atoms with Gasteiger partial charge < -0.3 is 10.0 Å². The number of carbonyl (C=O) groups is 2. The van der Waals surface area contributed by atoms with Crippen molar-refractivity contribution in [3.05, 3.63) is 35.9 Å². The summed E-state index contributed by atoms with van der Waals surface area (Å²) in [4.78, 5) is 27.2. The van der Waals surface area contributed by atoms with Crippen molar-refractivity contribution in [1.29, 1.82) is 0 Å². The van der Waals surface area contributed by atoms with Crippen molar-refractivity contribution in [1.82, 2.24) is 9.80 Å². The van der Waals surface area contributed by atoms with E-state index in [9.17, 15) is 9.59 Å². The second-order valence-corrected chi connectivity index (χ2v) is 5.57. The summed E-state index contributed by atoms with van der Waals surface area (Å²) < 4.78 is 0. The first-order valence-electron chi connectivity index (χ1n) is 7.32. The quantitative estimate of drug-likeness (QED) is 0.894. The molecule has 1 aliphatic heterocycles. The van der Waals surface area contributed by atoms with Crippen LogP contribution in [-0.4, -0.2) is 53.0 Å². The number of likely N-dealkylation sites (N-methyl/N-ethyl adjacent to an activating group) is 1. The Labute approximate surface area is 125 Å². The molecule has 5 heteroatoms. The normalized spacial score (nSPS) is 19.2. The summed E-state index contributed by atoms with van der Waals surface area (Å²) in [7, 11) is 1.93. The Morgan fingerprint density at radius 1 is 1.29 bits per heavy atom. The number of likely N-dealkylation sites (tertiary alicyclic amines) is 1. The van der Waals surface area contributed by atoms with Crippen LogP contribution in [0.3, 0.4) is 0 Å². The van der Waals surface area contributed by atoms with Crippen LogP contribution < -0.4 is 0 Å². The SMILES string of the molecule is CN1CCCC[C@H]1C(=O)N(CC(=O)O)Cc1ccccc1. The molecule has 5 nitrogen and oxygen atoms in total. The van der Waals surface area contributed by atoms with Crippen LogP contribution in [0.1, 0.15) is 24.8 Å². The smallest absolute Gasteiger partial charge is 0.323 e. The number of amides is 1. The van der Waals surface area contributed by atoms with Gasteiger partial charge in [-0.3, -0.25) is 14.5 Å². The summed E-state index contributed by atoms with van der Waals surface area (Å²) in [5, 5.41) is 9.07. The van der Waals surface area contributed by atoms with E-state index in [4.69, 9.17) is 5.11 Å². The highest BCUT2D eigenvalue weighted by Crippen LogP contribution is 2.18. The predicted molar refractivity (Wildman–Crippen MR) is 79.8 cm³/mol. The Morgan fingerprint density at radius 2 is 2.00 bits per heavy atom. The van der Waals surface area contributed by atoms with E-state index in [1.807, 2.05) is 42.3 Å². The second-order valence-electron chi connectivity index (χ2n) is 5.57. The highest BCUT2D eigenvalue weighted by molar-refractivity contribution is 5.85. The topological polar surface area (TPSA) is 60.9 Å². The first kappa shape index (κ1) is 15.5. The Balaban J connectivity index is 2.11. The van der Waals surface area contributed by atoms with Gasteiger partial charge in [-0.15, -0.1) is 0 Å². The number of carboxylic acids is 1. The molecule has 1 saturated heterocycles. The van der Waals surface area contributed by atoms with Crippen LogP contribution in [0.15, 0.2) is 30.3 Å². The molecule has 1 atom stereocenters. The van der Waals surface area contributed by atoms with E-state index < -0.39 is 5.97 Å². The minimum absolute atomic E-state index is 0.0801. The molecule has 1 heterocycles. The van der Waals surface area contributed by atoms with Gasteiger partial charge in [-0.25, -0.2) is 0 Å². The highest BCUT2D eigenvalue weighted by Gasteiger charge is 2.30. The Kier molecular flexibility index (Phi) is 5.33. The van der Waals surface area contributed by atoms with Crippen LogP contribution >= 0.6 is 0 Å². The van der Waals surface area contributed by atoms with Gasteiger partial charge in [0.25, 0.3) is 0 Å². The summed E-state index contributed by atoms with van der Waals surface area (Å²) in [5.41, 5.74) is 0.950. The Hall–Kier alpha value is -1.88. The molecular weight excluding hydrogens is 268 g/mol. The fourth-order valence-corrected chi connectivity index (χ4v) is 2.78. The number of nitrogens with zero attached hydrogens (tertiary/aromatic N) is 2. The standard InChI is InChI=1S/C16H22N2O3/c1-17-10-6-5-9-14(17)16(21)18(12-15(19)20)11-13-7-3-2-4-8-13/h2-4,7-8,14H,5-6,9-12H2,1H3,(H,19,20)/t14-/m0/s1. The molecule has 0 aromatic heterocycles. The van der Waals surface area contributed by atoms with E-state index in [0.717, 1.165) is 31.4 Å². The van der Waals surface area contributed by atoms with Crippen molar-refractivity contribution in [2.75, 3.05) is 20.1 Å². The molecule has 1 aromatic rings. The molecule has 114 valence electrons. The molecule has 0 aliphatic carbocycles. The van der Waals surface area contributed by atoms with Crippen molar-refractivity contribution in [2.24, 2.45) is 0 Å². The third-order valence-electron chi connectivity index (χ3n) is 3.91. The maximum atomic E-state index is 12.7. The average molecular weight is 290 g/mol. The third kappa shape index (κ3) is 4.29. The summed E-state index contributed by atoms with van der Waals surface area (Å²) in [6.45, 7) is 0.983. The number of aliphatic carboxylic acids is 1. The van der Waals surface area contributed by atoms with Crippen LogP contribution in [0.5, 0.6) is 0 Å². The van der Waals surface area contributed by atoms with E-state index in [1.54, 1.807) is 0 Å². The summed E-state index contributed by atoms with van der Waals surface area (Å²) in [6, 6.07) is 9.32. The van der Waals surface area contributed by atoms with Gasteiger partial charge >= 0.3 is 5.97 Å². The first-order chi connectivity index (χ1) is 10.1. The molecule has 1 amide bonds. The lowest BCUT2D eigenvalue weighted by molar-refractivity contribution is -0.147. The molecule has 1 aliphatic rings. The van der Waals surface area contributed by atoms with Gasteiger partial charge in [-0.05, 0) is 32.0 Å². The zero-order chi connectivity index (χ0) is 15.2. The summed E-state index contributed by atoms with van der Waals surface area (Å²) in [5.74, 6) is -1.05. The van der Waals surface area contributed by atoms with E-state index in [1.165, 1.54) is 4.90 Å². The van der Waals surface area contributed by atoms with Crippen molar-refractivity contribution >= 4 is 11.9 Å². The average Bonchev–Trinajstić information content (AvgIpc) is 2.47. The lowest BCUT2D eigenvalue weighted by Crippen LogP contribution is -2.50. The Morgan fingerprint density at radius 3 is 2.62 bits per heavy atom. The van der Waals surface area contributed by atoms with Gasteiger partial charge in [-0.1, -0.05) is 36.8 Å². The fraction of sp³-hybridized carbons (Fsp3) is 0.500. The lowest BCUT2D eigenvalue weighted by Gasteiger charge is -2.35. The molecule has 0 radical (unpaired) electrons. The Bertz CT molecular complexity index is 490. The van der Waals surface area contributed by atoms with Crippen LogP contribution in [0, 0.1) is 0 Å². The number of hydrogen-bond donors (Lipinski definition) is 1. The minimum Gasteiger partial charge on any atom is -0.480 e. The van der Waals surface area contributed by atoms with Gasteiger partial charge in [0, 0.05) is 6.54 Å². The zero-order valence-corrected chi connectivity index (χ0v) is 12.4. The molecule has 21 heavy (non-hydrogen) atoms. The highest BCUT2D eigenvalue weighted by atomic mass is 16.4. The summed E-state index contributed by atoms with van der Waals surface area (Å²) >= 11 is 0. The molecule has 2 rings (SSSR count). The van der Waals surface area contributed by atoms with Gasteiger partial charge in [0.05, 0.1) is 6.04 Å². The third-order valence-corrected chi connectivity index (χ3v) is 3.91. The molecule has 0 spiro atoms. The number of benzene rings is 1. The lowest BCUT2D eigenvalue weighted by atomic mass is 10.0. The van der Waals surface area contributed by atoms with E-state index in [-0.39, 0.29) is 18.5 Å². The monoisotopic (exact) mass is 290 g/mol. The van der Waals surface area contributed by atoms with Crippen LogP contribution in [-0.2, 0) is 16.1 Å². The largest absolute Gasteiger partial charge is 0.480 e. The number of rotatable bonds is 5. The maximum absolute atomic E-state index is 12.7. The van der Waals surface area contributed by atoms with Gasteiger partial charge in [0.1, 0.15) is 6.54 Å². The van der Waals surface area contributed by atoms with E-state index in [0.29, 0.717) is 6.54 Å². The predicted octanol–water partition coefficient (Wildman–Crippen LogP) is 1.58. The van der Waals surface area contributed by atoms with Crippen molar-refractivity contribution in [3.8, 4) is 0 Å². The van der Waals surface area contributed by atoms with Gasteiger partial charge in [0.2, 0.25) is 5.91 Å². The van der Waals surface area contributed by atoms with Crippen molar-refractivity contribution < 1.29 is 14.7 Å². The molecule has 1 N–H and O–H groups in total. The molecule has 1 aromatic carbocycles. The molecular formula is C16H22N2O3. The van der Waals surface area contributed by atoms with Crippen molar-refractivity contribution in [3.63, 3.8) is 0 Å². The summed E-state index contributed by atoms with van der Waals surface area (Å²) in [6.07, 6.45) is 2.92. The molecule has 0 saturated carbocycles. The minimum atomic E-state index is -0.974. The number of piperidine rings is 1. The number of carbonyl (C=O) groups excluding carboxylic acids is 1. The van der Waals surface area contributed by atoms with Gasteiger partial charge in [-0.2, -0.15) is 0 Å². The fourth-order valence-electron chi connectivity index (χ4n) is 2.78. The van der Waals surface area contributed by atoms with Crippen LogP contribution in [0.2, 0.25) is 0 Å². The molecule has 0 bridgehead atoms. The zero-order valence-electron chi connectivity index (χ0n) is 12.4. The van der Waals surface area contributed by atoms with Crippen molar-refractivity contribution in [2.45, 2.75) is 31.8 Å². The van der Waals surface area contributed by atoms with E-state index >= 15 is 0 Å². The van der Waals surface area contributed by atoms with Crippen LogP contribution in [0.4, 0.5) is 0 Å². The maximum Gasteiger partial charge on any atom is 0.323 e. The number of hydrogen-bond acceptors (Lipinski definition) is 3. The van der Waals surface area contributed by atoms with Gasteiger partial charge in [0.15, 0.2) is 0 Å². The van der Waals surface area contributed by atoms with E-state index in [2.05, 4.69) is 0 Å². The molecule has 1 fully saturated rings. The first-order valence-corrected chi connectivity index (χ1v) is 7.32.